The Morgan fingerprint density at radius 3 is 2.82 bits per heavy atom. The van der Waals surface area contributed by atoms with E-state index >= 15 is 0 Å². The molecule has 0 radical (unpaired) electrons. The third-order valence-corrected chi connectivity index (χ3v) is 3.72. The van der Waals surface area contributed by atoms with Gasteiger partial charge in [0.25, 0.3) is 0 Å². The number of hydrogen-bond acceptors (Lipinski definition) is 4. The number of hydrogen-bond donors (Lipinski definition) is 1. The van der Waals surface area contributed by atoms with E-state index in [1.807, 2.05) is 0 Å². The first-order chi connectivity index (χ1) is 8.04. The molecule has 0 amide bonds. The van der Waals surface area contributed by atoms with Crippen molar-refractivity contribution in [1.29, 1.82) is 0 Å². The third kappa shape index (κ3) is 4.40. The summed E-state index contributed by atoms with van der Waals surface area (Å²) >= 11 is 1.73. The molecule has 1 unspecified atom stereocenters. The summed E-state index contributed by atoms with van der Waals surface area (Å²) in [4.78, 5) is 12.4. The second-order valence-electron chi connectivity index (χ2n) is 4.04. The zero-order valence-corrected chi connectivity index (χ0v) is 11.3. The first-order valence-corrected chi connectivity index (χ1v) is 6.56. The van der Waals surface area contributed by atoms with Gasteiger partial charge in [0.05, 0.1) is 7.11 Å². The van der Waals surface area contributed by atoms with Crippen LogP contribution in [0.4, 0.5) is 0 Å². The maximum Gasteiger partial charge on any atom is 0.322 e. The van der Waals surface area contributed by atoms with Gasteiger partial charge in [-0.05, 0) is 31.9 Å². The van der Waals surface area contributed by atoms with Gasteiger partial charge in [-0.25, -0.2) is 0 Å². The minimum atomic E-state index is -0.516. The van der Waals surface area contributed by atoms with Gasteiger partial charge in [-0.15, -0.1) is 11.8 Å². The Morgan fingerprint density at radius 1 is 1.47 bits per heavy atom. The fourth-order valence-electron chi connectivity index (χ4n) is 1.43. The Labute approximate surface area is 107 Å². The van der Waals surface area contributed by atoms with Crippen LogP contribution in [0.2, 0.25) is 0 Å². The van der Waals surface area contributed by atoms with Crippen LogP contribution in [0.25, 0.3) is 0 Å². The fourth-order valence-corrected chi connectivity index (χ4v) is 2.58. The molecule has 1 aromatic carbocycles. The Hall–Kier alpha value is -1.00. The molecular weight excluding hydrogens is 234 g/mol. The fraction of sp³-hybridized carbons (Fsp3) is 0.462. The highest BCUT2D eigenvalue weighted by molar-refractivity contribution is 7.99. The van der Waals surface area contributed by atoms with Gasteiger partial charge < -0.3 is 10.5 Å². The average Bonchev–Trinajstić information content (AvgIpc) is 2.32. The molecule has 0 aliphatic heterocycles. The highest BCUT2D eigenvalue weighted by Gasteiger charge is 2.13. The van der Waals surface area contributed by atoms with Crippen molar-refractivity contribution in [3.63, 3.8) is 0 Å². The Balaban J connectivity index is 2.45. The van der Waals surface area contributed by atoms with Crippen molar-refractivity contribution >= 4 is 17.7 Å². The van der Waals surface area contributed by atoms with Gasteiger partial charge >= 0.3 is 5.97 Å². The van der Waals surface area contributed by atoms with Crippen molar-refractivity contribution in [2.24, 2.45) is 5.73 Å². The van der Waals surface area contributed by atoms with Crippen LogP contribution in [0.1, 0.15) is 17.5 Å². The summed E-state index contributed by atoms with van der Waals surface area (Å²) in [6, 6.07) is 5.85. The molecule has 0 bridgehead atoms. The lowest BCUT2D eigenvalue weighted by molar-refractivity contribution is -0.142. The first kappa shape index (κ1) is 14.1. The van der Waals surface area contributed by atoms with Crippen LogP contribution in [-0.4, -0.2) is 24.9 Å². The van der Waals surface area contributed by atoms with Crippen LogP contribution < -0.4 is 5.73 Å². The summed E-state index contributed by atoms with van der Waals surface area (Å²) < 4.78 is 4.58. The third-order valence-electron chi connectivity index (χ3n) is 2.53. The molecule has 0 spiro atoms. The lowest BCUT2D eigenvalue weighted by atomic mass is 10.2. The van der Waals surface area contributed by atoms with E-state index in [9.17, 15) is 4.79 Å². The second-order valence-corrected chi connectivity index (χ2v) is 5.17. The number of carbonyl (C=O) groups is 1. The number of esters is 1. The van der Waals surface area contributed by atoms with Crippen molar-refractivity contribution in [1.82, 2.24) is 0 Å². The number of ether oxygens (including phenoxy) is 1. The largest absolute Gasteiger partial charge is 0.468 e. The van der Waals surface area contributed by atoms with Crippen LogP contribution in [-0.2, 0) is 9.53 Å². The molecule has 1 atom stereocenters. The molecule has 0 fully saturated rings. The van der Waals surface area contributed by atoms with Gasteiger partial charge in [0.1, 0.15) is 6.04 Å². The first-order valence-electron chi connectivity index (χ1n) is 5.58. The summed E-state index contributed by atoms with van der Waals surface area (Å²) in [6.07, 6.45) is 0.630. The van der Waals surface area contributed by atoms with Crippen molar-refractivity contribution in [2.75, 3.05) is 12.9 Å². The van der Waals surface area contributed by atoms with Crippen molar-refractivity contribution in [3.8, 4) is 0 Å². The predicted octanol–water partition coefficient (Wildman–Crippen LogP) is 2.29. The molecule has 94 valence electrons. The van der Waals surface area contributed by atoms with Crippen LogP contribution in [0, 0.1) is 13.8 Å². The molecular formula is C13H19NO2S. The molecule has 0 aliphatic carbocycles. The molecule has 17 heavy (non-hydrogen) atoms. The van der Waals surface area contributed by atoms with E-state index in [1.54, 1.807) is 11.8 Å². The second kappa shape index (κ2) is 6.67. The number of nitrogens with two attached hydrogens (primary N) is 1. The van der Waals surface area contributed by atoms with E-state index in [0.29, 0.717) is 6.42 Å². The van der Waals surface area contributed by atoms with Crippen LogP contribution in [0.5, 0.6) is 0 Å². The minimum absolute atomic E-state index is 0.341. The standard InChI is InChI=1S/C13H19NO2S/c1-9-4-5-10(2)12(8-9)17-7-6-11(14)13(15)16-3/h4-5,8,11H,6-7,14H2,1-3H3. The summed E-state index contributed by atoms with van der Waals surface area (Å²) in [5.41, 5.74) is 8.17. The summed E-state index contributed by atoms with van der Waals surface area (Å²) in [7, 11) is 1.36. The molecule has 1 rings (SSSR count). The number of methoxy groups -OCH3 is 1. The van der Waals surface area contributed by atoms with Gasteiger partial charge in [-0.2, -0.15) is 0 Å². The summed E-state index contributed by atoms with van der Waals surface area (Å²) in [6.45, 7) is 4.16. The van der Waals surface area contributed by atoms with Crippen molar-refractivity contribution in [2.45, 2.75) is 31.2 Å². The van der Waals surface area contributed by atoms with Gasteiger partial charge in [0, 0.05) is 10.6 Å². The molecule has 0 aliphatic rings. The SMILES string of the molecule is COC(=O)C(N)CCSc1cc(C)ccc1C. The van der Waals surface area contributed by atoms with Crippen LogP contribution in [0.3, 0.4) is 0 Å². The summed E-state index contributed by atoms with van der Waals surface area (Å²) in [5, 5.41) is 0. The maximum atomic E-state index is 11.1. The zero-order chi connectivity index (χ0) is 12.8. The molecule has 0 saturated heterocycles. The quantitative estimate of drug-likeness (QED) is 0.646. The van der Waals surface area contributed by atoms with Gasteiger partial charge in [0.15, 0.2) is 0 Å². The normalized spacial score (nSPS) is 12.2. The minimum Gasteiger partial charge on any atom is -0.468 e. The lowest BCUT2D eigenvalue weighted by Crippen LogP contribution is -2.31. The molecule has 4 heteroatoms. The van der Waals surface area contributed by atoms with Crippen molar-refractivity contribution in [3.05, 3.63) is 29.3 Å². The Kier molecular flexibility index (Phi) is 5.51. The molecule has 0 heterocycles. The molecule has 0 saturated carbocycles. The number of carbonyl (C=O) groups excluding carboxylic acids is 1. The maximum absolute atomic E-state index is 11.1. The van der Waals surface area contributed by atoms with Gasteiger partial charge in [-0.1, -0.05) is 17.7 Å². The van der Waals surface area contributed by atoms with E-state index < -0.39 is 6.04 Å². The Bertz CT molecular complexity index is 393. The number of benzene rings is 1. The molecule has 2 N–H and O–H groups in total. The van der Waals surface area contributed by atoms with Gasteiger partial charge in [0.2, 0.25) is 0 Å². The lowest BCUT2D eigenvalue weighted by Gasteiger charge is -2.10. The zero-order valence-electron chi connectivity index (χ0n) is 10.5. The smallest absolute Gasteiger partial charge is 0.322 e. The van der Waals surface area contributed by atoms with E-state index in [4.69, 9.17) is 5.73 Å². The number of aryl methyl sites for hydroxylation is 2. The van der Waals surface area contributed by atoms with Gasteiger partial charge in [-0.3, -0.25) is 4.79 Å². The number of thioether (sulfide) groups is 1. The predicted molar refractivity (Wildman–Crippen MR) is 71.2 cm³/mol. The topological polar surface area (TPSA) is 52.3 Å². The van der Waals surface area contributed by atoms with Crippen molar-refractivity contribution < 1.29 is 9.53 Å². The van der Waals surface area contributed by atoms with E-state index in [-0.39, 0.29) is 5.97 Å². The highest BCUT2D eigenvalue weighted by Crippen LogP contribution is 2.24. The molecule has 1 aromatic rings. The summed E-state index contributed by atoms with van der Waals surface area (Å²) in [5.74, 6) is 0.479. The number of rotatable bonds is 5. The van der Waals surface area contributed by atoms with E-state index in [2.05, 4.69) is 36.8 Å². The highest BCUT2D eigenvalue weighted by atomic mass is 32.2. The average molecular weight is 253 g/mol. The Morgan fingerprint density at radius 2 is 2.18 bits per heavy atom. The van der Waals surface area contributed by atoms with Crippen LogP contribution in [0.15, 0.2) is 23.1 Å². The monoisotopic (exact) mass is 253 g/mol. The van der Waals surface area contributed by atoms with E-state index in [0.717, 1.165) is 5.75 Å². The molecule has 0 aromatic heterocycles. The molecule has 3 nitrogen and oxygen atoms in total. The van der Waals surface area contributed by atoms with E-state index in [1.165, 1.54) is 23.1 Å². The van der Waals surface area contributed by atoms with Crippen LogP contribution >= 0.6 is 11.8 Å².